The molecule has 10 heteroatoms. The third-order valence-electron chi connectivity index (χ3n) is 7.61. The Labute approximate surface area is 264 Å². The molecule has 3 unspecified atom stereocenters. The fraction of sp³-hybridized carbons (Fsp3) is 0.400. The molecule has 3 aromatic rings. The van der Waals surface area contributed by atoms with E-state index in [-0.39, 0.29) is 25.9 Å². The number of methoxy groups -OCH3 is 1. The van der Waals surface area contributed by atoms with E-state index in [1.165, 1.54) is 12.0 Å². The second kappa shape index (κ2) is 15.5. The standard InChI is InChI=1S/C35H43N3O7/c1-35(2,3)45-34(42)38-21-28(44-23-27(38)22-39)20-19-24-13-11-12-18-29(24)36-32(40)31(37-33(41)43-4)30(25-14-7-5-8-15-25)26-16-9-6-10-17-26/h5-18,27-28,30-31,39H,19-23H2,1-4H3,(H,36,40)(H,37,41). The first-order valence-electron chi connectivity index (χ1n) is 15.1. The number of carbonyl (C=O) groups excluding carboxylic acids is 3. The second-order valence-corrected chi connectivity index (χ2v) is 12.0. The molecule has 0 spiro atoms. The highest BCUT2D eigenvalue weighted by Crippen LogP contribution is 2.30. The van der Waals surface area contributed by atoms with Gasteiger partial charge in [-0.2, -0.15) is 0 Å². The van der Waals surface area contributed by atoms with Crippen molar-refractivity contribution < 1.29 is 33.7 Å². The van der Waals surface area contributed by atoms with Crippen LogP contribution in [-0.4, -0.2) is 78.8 Å². The van der Waals surface area contributed by atoms with E-state index in [4.69, 9.17) is 14.2 Å². The molecule has 1 heterocycles. The molecular weight excluding hydrogens is 574 g/mol. The van der Waals surface area contributed by atoms with Crippen molar-refractivity contribution in [3.63, 3.8) is 0 Å². The van der Waals surface area contributed by atoms with Gasteiger partial charge in [0, 0.05) is 11.6 Å². The Morgan fingerprint density at radius 2 is 1.56 bits per heavy atom. The molecule has 0 saturated carbocycles. The van der Waals surface area contributed by atoms with Crippen molar-refractivity contribution in [1.82, 2.24) is 10.2 Å². The fourth-order valence-corrected chi connectivity index (χ4v) is 5.40. The summed E-state index contributed by atoms with van der Waals surface area (Å²) in [7, 11) is 1.26. The number of hydrogen-bond donors (Lipinski definition) is 3. The first-order valence-corrected chi connectivity index (χ1v) is 15.1. The average Bonchev–Trinajstić information content (AvgIpc) is 3.04. The lowest BCUT2D eigenvalue weighted by atomic mass is 9.84. The van der Waals surface area contributed by atoms with Crippen LogP contribution in [0, 0.1) is 0 Å². The Balaban J connectivity index is 1.53. The number of carbonyl (C=O) groups is 3. The molecule has 1 fully saturated rings. The number of rotatable bonds is 10. The zero-order chi connectivity index (χ0) is 32.4. The largest absolute Gasteiger partial charge is 0.453 e. The number of morpholine rings is 1. The summed E-state index contributed by atoms with van der Waals surface area (Å²) in [4.78, 5) is 40.9. The SMILES string of the molecule is COC(=O)NC(C(=O)Nc1ccccc1CCC1CN(C(=O)OC(C)(C)C)C(CO)CO1)C(c1ccccc1)c1ccccc1. The maximum absolute atomic E-state index is 14.0. The Hall–Kier alpha value is -4.41. The van der Waals surface area contributed by atoms with Crippen LogP contribution >= 0.6 is 0 Å². The molecule has 4 rings (SSSR count). The molecule has 3 aromatic carbocycles. The van der Waals surface area contributed by atoms with Crippen molar-refractivity contribution in [1.29, 1.82) is 0 Å². The fourth-order valence-electron chi connectivity index (χ4n) is 5.40. The van der Waals surface area contributed by atoms with Crippen molar-refractivity contribution in [2.75, 3.05) is 32.2 Å². The molecule has 0 bridgehead atoms. The van der Waals surface area contributed by atoms with Gasteiger partial charge in [0.1, 0.15) is 11.6 Å². The molecule has 1 aliphatic heterocycles. The zero-order valence-corrected chi connectivity index (χ0v) is 26.3. The zero-order valence-electron chi connectivity index (χ0n) is 26.3. The molecule has 0 radical (unpaired) electrons. The van der Waals surface area contributed by atoms with Gasteiger partial charge in [0.25, 0.3) is 0 Å². The first-order chi connectivity index (χ1) is 21.6. The molecule has 1 saturated heterocycles. The van der Waals surface area contributed by atoms with Gasteiger partial charge in [0.15, 0.2) is 0 Å². The number of para-hydroxylation sites is 1. The van der Waals surface area contributed by atoms with E-state index in [0.29, 0.717) is 18.5 Å². The van der Waals surface area contributed by atoms with Gasteiger partial charge in [-0.15, -0.1) is 0 Å². The van der Waals surface area contributed by atoms with E-state index in [0.717, 1.165) is 16.7 Å². The lowest BCUT2D eigenvalue weighted by Gasteiger charge is -2.39. The summed E-state index contributed by atoms with van der Waals surface area (Å²) >= 11 is 0. The highest BCUT2D eigenvalue weighted by Gasteiger charge is 2.35. The van der Waals surface area contributed by atoms with Crippen LogP contribution < -0.4 is 10.6 Å². The number of aliphatic hydroxyl groups excluding tert-OH is 1. The maximum atomic E-state index is 14.0. The van der Waals surface area contributed by atoms with Gasteiger partial charge in [0.05, 0.1) is 39.0 Å². The minimum absolute atomic E-state index is 0.194. The molecule has 0 aromatic heterocycles. The van der Waals surface area contributed by atoms with Crippen molar-refractivity contribution in [3.8, 4) is 0 Å². The topological polar surface area (TPSA) is 126 Å². The van der Waals surface area contributed by atoms with Gasteiger partial charge >= 0.3 is 12.2 Å². The van der Waals surface area contributed by atoms with Gasteiger partial charge in [-0.1, -0.05) is 78.9 Å². The van der Waals surface area contributed by atoms with Crippen LogP contribution in [0.1, 0.15) is 49.8 Å². The van der Waals surface area contributed by atoms with Crippen molar-refractivity contribution in [3.05, 3.63) is 102 Å². The van der Waals surface area contributed by atoms with Crippen LogP contribution in [-0.2, 0) is 25.4 Å². The first kappa shape index (κ1) is 33.5. The van der Waals surface area contributed by atoms with Gasteiger partial charge in [-0.3, -0.25) is 9.69 Å². The summed E-state index contributed by atoms with van der Waals surface area (Å²) in [5.41, 5.74) is 2.53. The van der Waals surface area contributed by atoms with Crippen LogP contribution in [0.4, 0.5) is 15.3 Å². The lowest BCUT2D eigenvalue weighted by molar-refractivity contribution is -0.118. The molecule has 1 aliphatic rings. The van der Waals surface area contributed by atoms with Crippen LogP contribution in [0.15, 0.2) is 84.9 Å². The summed E-state index contributed by atoms with van der Waals surface area (Å²) in [5, 5.41) is 15.6. The lowest BCUT2D eigenvalue weighted by Crippen LogP contribution is -2.55. The van der Waals surface area contributed by atoms with Gasteiger partial charge in [0.2, 0.25) is 5.91 Å². The summed E-state index contributed by atoms with van der Waals surface area (Å²) in [6.07, 6.45) is -0.393. The number of hydrogen-bond acceptors (Lipinski definition) is 7. The van der Waals surface area contributed by atoms with Gasteiger partial charge in [-0.05, 0) is 56.4 Å². The highest BCUT2D eigenvalue weighted by molar-refractivity contribution is 5.98. The summed E-state index contributed by atoms with van der Waals surface area (Å²) in [5.74, 6) is -0.894. The minimum Gasteiger partial charge on any atom is -0.453 e. The number of anilines is 1. The minimum atomic E-state index is -0.991. The van der Waals surface area contributed by atoms with E-state index in [9.17, 15) is 19.5 Å². The average molecular weight is 618 g/mol. The molecular formula is C35H43N3O7. The molecule has 0 aliphatic carbocycles. The number of alkyl carbamates (subject to hydrolysis) is 1. The number of amides is 3. The molecule has 10 nitrogen and oxygen atoms in total. The summed E-state index contributed by atoms with van der Waals surface area (Å²) < 4.78 is 16.5. The Morgan fingerprint density at radius 1 is 0.956 bits per heavy atom. The predicted molar refractivity (Wildman–Crippen MR) is 171 cm³/mol. The quantitative estimate of drug-likeness (QED) is 0.289. The third kappa shape index (κ3) is 9.29. The monoisotopic (exact) mass is 617 g/mol. The number of aliphatic hydroxyl groups is 1. The van der Waals surface area contributed by atoms with Crippen LogP contribution in [0.5, 0.6) is 0 Å². The van der Waals surface area contributed by atoms with E-state index in [1.807, 2.05) is 84.9 Å². The summed E-state index contributed by atoms with van der Waals surface area (Å²) in [6.45, 7) is 5.64. The van der Waals surface area contributed by atoms with Crippen molar-refractivity contribution in [2.45, 2.75) is 63.3 Å². The predicted octanol–water partition coefficient (Wildman–Crippen LogP) is 5.11. The van der Waals surface area contributed by atoms with Crippen LogP contribution in [0.25, 0.3) is 0 Å². The van der Waals surface area contributed by atoms with Crippen LogP contribution in [0.3, 0.4) is 0 Å². The number of nitrogens with zero attached hydrogens (tertiary/aromatic N) is 1. The van der Waals surface area contributed by atoms with Crippen molar-refractivity contribution in [2.24, 2.45) is 0 Å². The Bertz CT molecular complexity index is 1370. The molecule has 45 heavy (non-hydrogen) atoms. The Morgan fingerprint density at radius 3 is 2.13 bits per heavy atom. The van der Waals surface area contributed by atoms with E-state index >= 15 is 0 Å². The molecule has 3 atom stereocenters. The van der Waals surface area contributed by atoms with Crippen molar-refractivity contribution >= 4 is 23.8 Å². The number of nitrogens with one attached hydrogen (secondary N) is 2. The van der Waals surface area contributed by atoms with E-state index in [2.05, 4.69) is 10.6 Å². The highest BCUT2D eigenvalue weighted by atomic mass is 16.6. The second-order valence-electron chi connectivity index (χ2n) is 12.0. The number of benzene rings is 3. The molecule has 3 amide bonds. The van der Waals surface area contributed by atoms with Crippen LogP contribution in [0.2, 0.25) is 0 Å². The molecule has 240 valence electrons. The van der Waals surface area contributed by atoms with Gasteiger partial charge < -0.3 is 30.0 Å². The Kier molecular flexibility index (Phi) is 11.6. The smallest absolute Gasteiger partial charge is 0.410 e. The normalized spacial score (nSPS) is 17.3. The third-order valence-corrected chi connectivity index (χ3v) is 7.61. The summed E-state index contributed by atoms with van der Waals surface area (Å²) in [6, 6.07) is 25.1. The van der Waals surface area contributed by atoms with E-state index in [1.54, 1.807) is 20.8 Å². The number of aryl methyl sites for hydroxylation is 1. The van der Waals surface area contributed by atoms with Gasteiger partial charge in [-0.25, -0.2) is 9.59 Å². The number of ether oxygens (including phenoxy) is 3. The van der Waals surface area contributed by atoms with E-state index < -0.39 is 41.7 Å². The molecule has 3 N–H and O–H groups in total. The maximum Gasteiger partial charge on any atom is 0.410 e.